The lowest BCUT2D eigenvalue weighted by Gasteiger charge is -2.24. The molecule has 4 rings (SSSR count). The summed E-state index contributed by atoms with van der Waals surface area (Å²) in [6, 6.07) is 23.9. The minimum Gasteiger partial charge on any atom is -0.497 e. The summed E-state index contributed by atoms with van der Waals surface area (Å²) >= 11 is 6.10. The van der Waals surface area contributed by atoms with Crippen molar-refractivity contribution in [3.8, 4) is 11.5 Å². The number of halogens is 1. The van der Waals surface area contributed by atoms with Crippen LogP contribution in [0, 0.1) is 0 Å². The average molecular weight is 616 g/mol. The molecule has 2 N–H and O–H groups in total. The van der Waals surface area contributed by atoms with Crippen LogP contribution < -0.4 is 23.8 Å². The van der Waals surface area contributed by atoms with Gasteiger partial charge < -0.3 is 14.8 Å². The number of nitrogens with one attached hydrogen (secondary N) is 2. The Morgan fingerprint density at radius 2 is 1.51 bits per heavy atom. The molecule has 0 heterocycles. The van der Waals surface area contributed by atoms with Crippen LogP contribution in [0.3, 0.4) is 0 Å². The maximum absolute atomic E-state index is 13.4. The van der Waals surface area contributed by atoms with Gasteiger partial charge in [0.15, 0.2) is 0 Å². The van der Waals surface area contributed by atoms with Crippen molar-refractivity contribution in [3.63, 3.8) is 0 Å². The highest BCUT2D eigenvalue weighted by atomic mass is 35.5. The molecule has 0 aliphatic rings. The third kappa shape index (κ3) is 7.09. The second kappa shape index (κ2) is 12.5. The minimum atomic E-state index is -4.12. The Morgan fingerprint density at radius 3 is 2.15 bits per heavy atom. The topological polar surface area (TPSA) is 131 Å². The molecule has 0 aliphatic heterocycles. The van der Waals surface area contributed by atoms with E-state index in [0.29, 0.717) is 16.5 Å². The fraction of sp³-hybridized carbons (Fsp3) is 0.107. The molecule has 1 amide bonds. The zero-order chi connectivity index (χ0) is 29.6. The van der Waals surface area contributed by atoms with Crippen LogP contribution in [0.4, 0.5) is 17.1 Å². The predicted molar refractivity (Wildman–Crippen MR) is 158 cm³/mol. The third-order valence-corrected chi connectivity index (χ3v) is 9.22. The van der Waals surface area contributed by atoms with E-state index in [2.05, 4.69) is 10.0 Å². The van der Waals surface area contributed by atoms with Crippen molar-refractivity contribution in [2.75, 3.05) is 35.1 Å². The van der Waals surface area contributed by atoms with Crippen LogP contribution in [0.1, 0.15) is 0 Å². The lowest BCUT2D eigenvalue weighted by Crippen LogP contribution is -2.38. The second-order valence-corrected chi connectivity index (χ2v) is 12.5. The Labute approximate surface area is 243 Å². The molecule has 4 aromatic carbocycles. The van der Waals surface area contributed by atoms with Crippen molar-refractivity contribution >= 4 is 54.6 Å². The van der Waals surface area contributed by atoms with Crippen LogP contribution >= 0.6 is 11.6 Å². The highest BCUT2D eigenvalue weighted by Crippen LogP contribution is 2.31. The van der Waals surface area contributed by atoms with Gasteiger partial charge in [0.2, 0.25) is 5.91 Å². The van der Waals surface area contributed by atoms with E-state index in [-0.39, 0.29) is 26.9 Å². The number of hydrogen-bond donors (Lipinski definition) is 2. The number of methoxy groups -OCH3 is 2. The fourth-order valence-corrected chi connectivity index (χ4v) is 6.49. The average Bonchev–Trinajstić information content (AvgIpc) is 2.96. The van der Waals surface area contributed by atoms with Crippen molar-refractivity contribution in [1.29, 1.82) is 0 Å². The van der Waals surface area contributed by atoms with Crippen molar-refractivity contribution in [3.05, 3.63) is 102 Å². The van der Waals surface area contributed by atoms with Crippen molar-refractivity contribution in [1.82, 2.24) is 0 Å². The lowest BCUT2D eigenvalue weighted by atomic mass is 10.3. The molecule has 0 unspecified atom stereocenters. The molecule has 13 heteroatoms. The maximum Gasteiger partial charge on any atom is 0.264 e. The molecule has 0 fully saturated rings. The van der Waals surface area contributed by atoms with E-state index in [1.807, 2.05) is 0 Å². The quantitative estimate of drug-likeness (QED) is 0.243. The molecule has 0 aliphatic carbocycles. The number of carbonyl (C=O) groups is 1. The van der Waals surface area contributed by atoms with Gasteiger partial charge in [-0.2, -0.15) is 0 Å². The number of rotatable bonds is 11. The Hall–Kier alpha value is -4.26. The number of benzene rings is 4. The summed E-state index contributed by atoms with van der Waals surface area (Å²) in [5, 5.41) is 2.91. The first-order valence-electron chi connectivity index (χ1n) is 12.0. The maximum atomic E-state index is 13.4. The molecule has 10 nitrogen and oxygen atoms in total. The summed E-state index contributed by atoms with van der Waals surface area (Å²) in [5.41, 5.74) is 0.651. The molecule has 41 heavy (non-hydrogen) atoms. The molecule has 0 radical (unpaired) electrons. The highest BCUT2D eigenvalue weighted by Gasteiger charge is 2.27. The van der Waals surface area contributed by atoms with E-state index in [4.69, 9.17) is 21.1 Å². The first kappa shape index (κ1) is 29.7. The van der Waals surface area contributed by atoms with Crippen LogP contribution in [0.5, 0.6) is 11.5 Å². The first-order chi connectivity index (χ1) is 19.5. The van der Waals surface area contributed by atoms with Gasteiger partial charge in [-0.15, -0.1) is 0 Å². The van der Waals surface area contributed by atoms with Crippen molar-refractivity contribution in [2.24, 2.45) is 0 Å². The predicted octanol–water partition coefficient (Wildman–Crippen LogP) is 4.99. The number of anilines is 3. The summed E-state index contributed by atoms with van der Waals surface area (Å²) in [6.07, 6.45) is 0. The lowest BCUT2D eigenvalue weighted by molar-refractivity contribution is -0.114. The highest BCUT2D eigenvalue weighted by molar-refractivity contribution is 7.93. The molecule has 0 saturated heterocycles. The van der Waals surface area contributed by atoms with Crippen LogP contribution in [-0.4, -0.2) is 43.5 Å². The molecular weight excluding hydrogens is 590 g/mol. The zero-order valence-electron chi connectivity index (χ0n) is 21.9. The summed E-state index contributed by atoms with van der Waals surface area (Å²) in [6.45, 7) is -0.561. The van der Waals surface area contributed by atoms with Crippen LogP contribution in [0.2, 0.25) is 5.02 Å². The molecule has 0 aromatic heterocycles. The summed E-state index contributed by atoms with van der Waals surface area (Å²) in [5.74, 6) is 0.0787. The van der Waals surface area contributed by atoms with E-state index in [1.165, 1.54) is 68.8 Å². The smallest absolute Gasteiger partial charge is 0.264 e. The zero-order valence-corrected chi connectivity index (χ0v) is 24.3. The van der Waals surface area contributed by atoms with Gasteiger partial charge in [0, 0.05) is 16.8 Å². The number of ether oxygens (including phenoxy) is 2. The molecule has 0 bridgehead atoms. The summed E-state index contributed by atoms with van der Waals surface area (Å²) in [4.78, 5) is 12.9. The number of sulfonamides is 2. The van der Waals surface area contributed by atoms with Gasteiger partial charge in [-0.05, 0) is 66.7 Å². The normalized spacial score (nSPS) is 11.4. The van der Waals surface area contributed by atoms with Gasteiger partial charge >= 0.3 is 0 Å². The Bertz CT molecular complexity index is 1750. The third-order valence-electron chi connectivity index (χ3n) is 5.81. The van der Waals surface area contributed by atoms with Crippen molar-refractivity contribution in [2.45, 2.75) is 9.79 Å². The number of carbonyl (C=O) groups excluding carboxylic acids is 1. The van der Waals surface area contributed by atoms with E-state index in [0.717, 1.165) is 4.31 Å². The number of amides is 1. The van der Waals surface area contributed by atoms with Crippen LogP contribution in [0.25, 0.3) is 0 Å². The van der Waals surface area contributed by atoms with E-state index >= 15 is 0 Å². The first-order valence-corrected chi connectivity index (χ1v) is 15.3. The minimum absolute atomic E-state index is 0.00232. The number of hydrogen-bond acceptors (Lipinski definition) is 7. The fourth-order valence-electron chi connectivity index (χ4n) is 3.81. The van der Waals surface area contributed by atoms with Crippen molar-refractivity contribution < 1.29 is 31.1 Å². The van der Waals surface area contributed by atoms with Crippen LogP contribution in [-0.2, 0) is 24.8 Å². The summed E-state index contributed by atoms with van der Waals surface area (Å²) < 4.78 is 66.7. The Balaban J connectivity index is 1.53. The van der Waals surface area contributed by atoms with Gasteiger partial charge in [0.25, 0.3) is 20.0 Å². The molecule has 0 saturated carbocycles. The standard InChI is InChI=1S/C28H26ClN3O7S2/c1-38-23-13-16-27(39-2)26(18-23)31-40(34,35)24-14-11-21(12-15-24)30-28(33)19-32(22-8-6-7-20(29)17-22)41(36,37)25-9-4-3-5-10-25/h3-18,31H,19H2,1-2H3,(H,30,33). The molecule has 0 spiro atoms. The van der Waals surface area contributed by atoms with Gasteiger partial charge in [-0.3, -0.25) is 13.8 Å². The van der Waals surface area contributed by atoms with E-state index in [9.17, 15) is 21.6 Å². The Kier molecular flexibility index (Phi) is 9.06. The van der Waals surface area contributed by atoms with Gasteiger partial charge in [0.1, 0.15) is 18.0 Å². The summed E-state index contributed by atoms with van der Waals surface area (Å²) in [7, 11) is -5.27. The van der Waals surface area contributed by atoms with E-state index in [1.54, 1.807) is 42.5 Å². The monoisotopic (exact) mass is 615 g/mol. The van der Waals surface area contributed by atoms with Gasteiger partial charge in [-0.25, -0.2) is 16.8 Å². The SMILES string of the molecule is COc1ccc(OC)c(NS(=O)(=O)c2ccc(NC(=O)CN(c3cccc(Cl)c3)S(=O)(=O)c3ccccc3)cc2)c1. The molecule has 214 valence electrons. The second-order valence-electron chi connectivity index (χ2n) is 8.55. The molecule has 4 aromatic rings. The Morgan fingerprint density at radius 1 is 0.805 bits per heavy atom. The van der Waals surface area contributed by atoms with E-state index < -0.39 is 32.5 Å². The van der Waals surface area contributed by atoms with Gasteiger partial charge in [0.05, 0.1) is 35.4 Å². The van der Waals surface area contributed by atoms with Crippen LogP contribution in [0.15, 0.2) is 107 Å². The largest absolute Gasteiger partial charge is 0.497 e. The number of nitrogens with zero attached hydrogens (tertiary/aromatic N) is 1. The molecular formula is C28H26ClN3O7S2. The van der Waals surface area contributed by atoms with Gasteiger partial charge in [-0.1, -0.05) is 35.9 Å². The molecule has 0 atom stereocenters.